The van der Waals surface area contributed by atoms with Crippen LogP contribution in [0, 0.1) is 17.7 Å². The highest BCUT2D eigenvalue weighted by Crippen LogP contribution is 2.24. The second-order valence-corrected chi connectivity index (χ2v) is 10.6. The lowest BCUT2D eigenvalue weighted by molar-refractivity contribution is 0.0595. The van der Waals surface area contributed by atoms with Crippen molar-refractivity contribution >= 4 is 17.7 Å². The number of esters is 1. The normalized spacial score (nSPS) is 13.4. The highest BCUT2D eigenvalue weighted by molar-refractivity contribution is 5.95. The number of rotatable bonds is 8. The third-order valence-electron chi connectivity index (χ3n) is 7.51. The molecule has 4 rings (SSSR count). The number of ether oxygens (including phenoxy) is 1. The Morgan fingerprint density at radius 3 is 2.10 bits per heavy atom. The molecule has 5 nitrogen and oxygen atoms in total. The third kappa shape index (κ3) is 8.69. The number of aryl methyl sites for hydroxylation is 1. The minimum absolute atomic E-state index is 0.0892. The standard InChI is InChI=1S/C35H39FN2O3/c1-3-4-9-26-12-14-27(15-13-26)16-17-28-18-20-29(21-19-28)25-38(35(40)37-30-10-7-5-6-8-11-30)31-22-23-33(36)32(24-31)34(39)41-2/h12-15,18-24,30H,3-11,25H2,1-2H3,(H,37,40). The summed E-state index contributed by atoms with van der Waals surface area (Å²) in [6.07, 6.45) is 9.84. The number of carbonyl (C=O) groups is 2. The van der Waals surface area contributed by atoms with E-state index < -0.39 is 11.8 Å². The summed E-state index contributed by atoms with van der Waals surface area (Å²) < 4.78 is 19.1. The molecule has 41 heavy (non-hydrogen) atoms. The summed E-state index contributed by atoms with van der Waals surface area (Å²) in [5.74, 6) is 4.96. The van der Waals surface area contributed by atoms with Gasteiger partial charge >= 0.3 is 12.0 Å². The maximum Gasteiger partial charge on any atom is 0.340 e. The fourth-order valence-electron chi connectivity index (χ4n) is 5.06. The molecular formula is C35H39FN2O3. The Morgan fingerprint density at radius 1 is 0.902 bits per heavy atom. The van der Waals surface area contributed by atoms with Gasteiger partial charge in [0.15, 0.2) is 0 Å². The molecule has 0 aliphatic heterocycles. The molecule has 0 saturated heterocycles. The van der Waals surface area contributed by atoms with Gasteiger partial charge in [0, 0.05) is 22.9 Å². The van der Waals surface area contributed by atoms with E-state index in [0.29, 0.717) is 5.69 Å². The van der Waals surface area contributed by atoms with Gasteiger partial charge < -0.3 is 10.1 Å². The van der Waals surface area contributed by atoms with Crippen LogP contribution in [0.1, 0.15) is 90.9 Å². The average molecular weight is 555 g/mol. The SMILES string of the molecule is CCCCc1ccc(C#Cc2ccc(CN(C(=O)NC3CCCCCC3)c3ccc(F)c(C(=O)OC)c3)cc2)cc1. The summed E-state index contributed by atoms with van der Waals surface area (Å²) >= 11 is 0. The first-order chi connectivity index (χ1) is 20.0. The predicted molar refractivity (Wildman–Crippen MR) is 161 cm³/mol. The average Bonchev–Trinajstić information content (AvgIpc) is 3.27. The Kier molecular flexibility index (Phi) is 11.0. The van der Waals surface area contributed by atoms with Crippen LogP contribution in [0.3, 0.4) is 0 Å². The van der Waals surface area contributed by atoms with Crippen LogP contribution in [0.15, 0.2) is 66.7 Å². The number of hydrogen-bond acceptors (Lipinski definition) is 3. The second-order valence-electron chi connectivity index (χ2n) is 10.6. The fraction of sp³-hybridized carbons (Fsp3) is 0.371. The topological polar surface area (TPSA) is 58.6 Å². The number of carbonyl (C=O) groups excluding carboxylic acids is 2. The zero-order chi connectivity index (χ0) is 29.0. The Balaban J connectivity index is 1.52. The lowest BCUT2D eigenvalue weighted by Gasteiger charge is -2.27. The summed E-state index contributed by atoms with van der Waals surface area (Å²) in [7, 11) is 1.21. The first kappa shape index (κ1) is 29.9. The highest BCUT2D eigenvalue weighted by atomic mass is 19.1. The van der Waals surface area contributed by atoms with E-state index in [0.717, 1.165) is 48.8 Å². The van der Waals surface area contributed by atoms with Crippen molar-refractivity contribution in [3.63, 3.8) is 0 Å². The van der Waals surface area contributed by atoms with Gasteiger partial charge in [0.1, 0.15) is 5.82 Å². The van der Waals surface area contributed by atoms with Crippen LogP contribution >= 0.6 is 0 Å². The van der Waals surface area contributed by atoms with Crippen molar-refractivity contribution < 1.29 is 18.7 Å². The number of nitrogens with zero attached hydrogens (tertiary/aromatic N) is 1. The van der Waals surface area contributed by atoms with E-state index in [1.165, 1.54) is 56.6 Å². The Labute approximate surface area is 243 Å². The lowest BCUT2D eigenvalue weighted by Crippen LogP contribution is -2.44. The Morgan fingerprint density at radius 2 is 1.51 bits per heavy atom. The number of urea groups is 1. The number of halogens is 1. The predicted octanol–water partition coefficient (Wildman–Crippen LogP) is 7.79. The molecule has 3 aromatic rings. The smallest absolute Gasteiger partial charge is 0.340 e. The molecule has 2 amide bonds. The van der Waals surface area contributed by atoms with E-state index >= 15 is 0 Å². The molecule has 1 fully saturated rings. The second kappa shape index (κ2) is 15.0. The minimum Gasteiger partial charge on any atom is -0.465 e. The number of nitrogens with one attached hydrogen (secondary N) is 1. The maximum absolute atomic E-state index is 14.4. The van der Waals surface area contributed by atoms with Crippen LogP contribution in [0.5, 0.6) is 0 Å². The molecule has 0 heterocycles. The Hall–Kier alpha value is -4.11. The number of amides is 2. The van der Waals surface area contributed by atoms with Crippen molar-refractivity contribution in [1.82, 2.24) is 5.32 Å². The van der Waals surface area contributed by atoms with Crippen LogP contribution < -0.4 is 10.2 Å². The van der Waals surface area contributed by atoms with Gasteiger partial charge in [0.2, 0.25) is 0 Å². The summed E-state index contributed by atoms with van der Waals surface area (Å²) in [6.45, 7) is 2.44. The molecule has 0 atom stereocenters. The van der Waals surface area contributed by atoms with Crippen molar-refractivity contribution in [1.29, 1.82) is 0 Å². The van der Waals surface area contributed by atoms with Gasteiger partial charge in [-0.05, 0) is 79.3 Å². The molecular weight excluding hydrogens is 515 g/mol. The molecule has 0 spiro atoms. The van der Waals surface area contributed by atoms with Crippen molar-refractivity contribution in [2.45, 2.75) is 77.3 Å². The van der Waals surface area contributed by atoms with Gasteiger partial charge in [-0.15, -0.1) is 0 Å². The van der Waals surface area contributed by atoms with Gasteiger partial charge in [0.25, 0.3) is 0 Å². The van der Waals surface area contributed by atoms with E-state index in [9.17, 15) is 14.0 Å². The molecule has 0 radical (unpaired) electrons. The van der Waals surface area contributed by atoms with Gasteiger partial charge in [-0.3, -0.25) is 4.90 Å². The zero-order valence-electron chi connectivity index (χ0n) is 24.0. The molecule has 1 saturated carbocycles. The Bertz CT molecular complexity index is 1370. The molecule has 3 aromatic carbocycles. The number of methoxy groups -OCH3 is 1. The summed E-state index contributed by atoms with van der Waals surface area (Å²) in [4.78, 5) is 27.3. The monoisotopic (exact) mass is 554 g/mol. The summed E-state index contributed by atoms with van der Waals surface area (Å²) in [5.41, 5.74) is 4.26. The molecule has 1 aliphatic rings. The minimum atomic E-state index is -0.785. The molecule has 0 bridgehead atoms. The van der Waals surface area contributed by atoms with E-state index in [2.05, 4.69) is 48.3 Å². The van der Waals surface area contributed by atoms with Crippen molar-refractivity contribution in [3.05, 3.63) is 100 Å². The number of anilines is 1. The first-order valence-corrected chi connectivity index (χ1v) is 14.6. The quantitative estimate of drug-likeness (QED) is 0.176. The van der Waals surface area contributed by atoms with Crippen LogP contribution in [0.4, 0.5) is 14.9 Å². The van der Waals surface area contributed by atoms with E-state index in [4.69, 9.17) is 4.74 Å². The van der Waals surface area contributed by atoms with Crippen LogP contribution in [0.2, 0.25) is 0 Å². The zero-order valence-corrected chi connectivity index (χ0v) is 24.0. The van der Waals surface area contributed by atoms with Gasteiger partial charge in [-0.2, -0.15) is 0 Å². The third-order valence-corrected chi connectivity index (χ3v) is 7.51. The fourth-order valence-corrected chi connectivity index (χ4v) is 5.06. The molecule has 0 unspecified atom stereocenters. The largest absolute Gasteiger partial charge is 0.465 e. The van der Waals surface area contributed by atoms with Crippen molar-refractivity contribution in [2.75, 3.05) is 12.0 Å². The number of benzene rings is 3. The number of unbranched alkanes of at least 4 members (excludes halogenated alkanes) is 1. The van der Waals surface area contributed by atoms with E-state index in [-0.39, 0.29) is 24.2 Å². The molecule has 1 aliphatic carbocycles. The highest BCUT2D eigenvalue weighted by Gasteiger charge is 2.23. The number of hydrogen-bond donors (Lipinski definition) is 1. The van der Waals surface area contributed by atoms with Crippen molar-refractivity contribution in [2.24, 2.45) is 0 Å². The van der Waals surface area contributed by atoms with E-state index in [1.54, 1.807) is 4.90 Å². The lowest BCUT2D eigenvalue weighted by atomic mass is 10.1. The maximum atomic E-state index is 14.4. The van der Waals surface area contributed by atoms with Crippen molar-refractivity contribution in [3.8, 4) is 11.8 Å². The molecule has 6 heteroatoms. The molecule has 0 aromatic heterocycles. The summed E-state index contributed by atoms with van der Waals surface area (Å²) in [6, 6.07) is 20.0. The molecule has 214 valence electrons. The van der Waals surface area contributed by atoms with Crippen LogP contribution in [-0.4, -0.2) is 25.2 Å². The molecule has 1 N–H and O–H groups in total. The van der Waals surface area contributed by atoms with E-state index in [1.807, 2.05) is 24.3 Å². The summed E-state index contributed by atoms with van der Waals surface area (Å²) in [5, 5.41) is 3.17. The first-order valence-electron chi connectivity index (χ1n) is 14.6. The van der Waals surface area contributed by atoms with Crippen LogP contribution in [0.25, 0.3) is 0 Å². The van der Waals surface area contributed by atoms with Gasteiger partial charge in [-0.1, -0.05) is 75.1 Å². The van der Waals surface area contributed by atoms with Gasteiger partial charge in [0.05, 0.1) is 19.2 Å². The van der Waals surface area contributed by atoms with Gasteiger partial charge in [-0.25, -0.2) is 14.0 Å². The van der Waals surface area contributed by atoms with Crippen LogP contribution in [-0.2, 0) is 17.7 Å².